The first-order chi connectivity index (χ1) is 10.3. The van der Waals surface area contributed by atoms with Crippen molar-refractivity contribution in [1.82, 2.24) is 15.1 Å². The van der Waals surface area contributed by atoms with Crippen LogP contribution in [-0.4, -0.2) is 74.0 Å². The first-order valence-electron chi connectivity index (χ1n) is 8.27. The SMILES string of the molecule is C[C@@H]1CCCCN1[C@H](C)CNC(=O)N(C)[C@H]1CCS(=O)(=O)C1. The van der Waals surface area contributed by atoms with Gasteiger partial charge in [0, 0.05) is 31.7 Å². The average molecular weight is 331 g/mol. The van der Waals surface area contributed by atoms with Crippen LogP contribution < -0.4 is 5.32 Å². The molecule has 6 nitrogen and oxygen atoms in total. The van der Waals surface area contributed by atoms with Crippen molar-refractivity contribution in [3.05, 3.63) is 0 Å². The third kappa shape index (κ3) is 4.35. The van der Waals surface area contributed by atoms with Crippen LogP contribution >= 0.6 is 0 Å². The molecule has 1 N–H and O–H groups in total. The van der Waals surface area contributed by atoms with Crippen molar-refractivity contribution in [3.63, 3.8) is 0 Å². The molecule has 3 atom stereocenters. The van der Waals surface area contributed by atoms with Gasteiger partial charge in [-0.05, 0) is 39.7 Å². The Kier molecular flexibility index (Phi) is 5.71. The van der Waals surface area contributed by atoms with Crippen molar-refractivity contribution >= 4 is 15.9 Å². The van der Waals surface area contributed by atoms with Crippen LogP contribution in [0.1, 0.15) is 39.5 Å². The van der Waals surface area contributed by atoms with Crippen molar-refractivity contribution in [2.45, 2.75) is 57.7 Å². The van der Waals surface area contributed by atoms with Gasteiger partial charge in [-0.2, -0.15) is 0 Å². The van der Waals surface area contributed by atoms with Gasteiger partial charge in [0.25, 0.3) is 0 Å². The summed E-state index contributed by atoms with van der Waals surface area (Å²) in [6.45, 7) is 6.08. The number of carbonyl (C=O) groups is 1. The van der Waals surface area contributed by atoms with Gasteiger partial charge >= 0.3 is 6.03 Å². The molecule has 2 aliphatic heterocycles. The highest BCUT2D eigenvalue weighted by atomic mass is 32.2. The van der Waals surface area contributed by atoms with Gasteiger partial charge in [-0.15, -0.1) is 0 Å². The van der Waals surface area contributed by atoms with Crippen LogP contribution in [0, 0.1) is 0 Å². The lowest BCUT2D eigenvalue weighted by Gasteiger charge is -2.38. The number of amides is 2. The number of hydrogen-bond donors (Lipinski definition) is 1. The van der Waals surface area contributed by atoms with Crippen LogP contribution in [0.4, 0.5) is 4.79 Å². The number of likely N-dealkylation sites (tertiary alicyclic amines) is 1. The Bertz CT molecular complexity index is 494. The highest BCUT2D eigenvalue weighted by Crippen LogP contribution is 2.19. The zero-order valence-electron chi connectivity index (χ0n) is 13.9. The van der Waals surface area contributed by atoms with E-state index in [9.17, 15) is 13.2 Å². The summed E-state index contributed by atoms with van der Waals surface area (Å²) in [5.74, 6) is 0.284. The van der Waals surface area contributed by atoms with Crippen molar-refractivity contribution in [3.8, 4) is 0 Å². The number of nitrogens with one attached hydrogen (secondary N) is 1. The third-order valence-corrected chi connectivity index (χ3v) is 6.80. The second kappa shape index (κ2) is 7.17. The Morgan fingerprint density at radius 2 is 2.09 bits per heavy atom. The van der Waals surface area contributed by atoms with Crippen LogP contribution in [0.15, 0.2) is 0 Å². The van der Waals surface area contributed by atoms with Gasteiger partial charge in [-0.1, -0.05) is 6.42 Å². The summed E-state index contributed by atoms with van der Waals surface area (Å²) in [5.41, 5.74) is 0. The van der Waals surface area contributed by atoms with Crippen molar-refractivity contribution in [1.29, 1.82) is 0 Å². The molecule has 2 fully saturated rings. The van der Waals surface area contributed by atoms with Crippen molar-refractivity contribution in [2.24, 2.45) is 0 Å². The molecule has 22 heavy (non-hydrogen) atoms. The first-order valence-corrected chi connectivity index (χ1v) is 10.1. The van der Waals surface area contributed by atoms with E-state index in [1.54, 1.807) is 11.9 Å². The Hall–Kier alpha value is -0.820. The number of rotatable bonds is 4. The molecule has 2 rings (SSSR count). The molecular weight excluding hydrogens is 302 g/mol. The molecule has 0 bridgehead atoms. The van der Waals surface area contributed by atoms with Crippen LogP contribution in [0.3, 0.4) is 0 Å². The Morgan fingerprint density at radius 3 is 2.68 bits per heavy atom. The summed E-state index contributed by atoms with van der Waals surface area (Å²) in [7, 11) is -1.27. The molecule has 0 unspecified atom stereocenters. The summed E-state index contributed by atoms with van der Waals surface area (Å²) >= 11 is 0. The van der Waals surface area contributed by atoms with Gasteiger partial charge in [0.1, 0.15) is 0 Å². The number of sulfone groups is 1. The van der Waals surface area contributed by atoms with E-state index < -0.39 is 9.84 Å². The van der Waals surface area contributed by atoms with Gasteiger partial charge in [0.15, 0.2) is 9.84 Å². The predicted molar refractivity (Wildman–Crippen MR) is 87.7 cm³/mol. The number of hydrogen-bond acceptors (Lipinski definition) is 4. The summed E-state index contributed by atoms with van der Waals surface area (Å²) in [4.78, 5) is 16.2. The van der Waals surface area contributed by atoms with Crippen LogP contribution in [0.5, 0.6) is 0 Å². The maximum absolute atomic E-state index is 12.2. The van der Waals surface area contributed by atoms with Gasteiger partial charge in [0.2, 0.25) is 0 Å². The molecule has 0 radical (unpaired) electrons. The summed E-state index contributed by atoms with van der Waals surface area (Å²) < 4.78 is 23.0. The molecule has 0 spiro atoms. The Balaban J connectivity index is 1.79. The second-order valence-electron chi connectivity index (χ2n) is 6.79. The van der Waals surface area contributed by atoms with Crippen molar-refractivity contribution in [2.75, 3.05) is 31.6 Å². The minimum absolute atomic E-state index is 0.0929. The van der Waals surface area contributed by atoms with Crippen molar-refractivity contribution < 1.29 is 13.2 Å². The first kappa shape index (κ1) is 17.5. The van der Waals surface area contributed by atoms with E-state index in [0.717, 1.165) is 6.54 Å². The van der Waals surface area contributed by atoms with E-state index in [-0.39, 0.29) is 23.6 Å². The lowest BCUT2D eigenvalue weighted by molar-refractivity contribution is 0.112. The molecule has 0 aromatic carbocycles. The van der Waals surface area contributed by atoms with Crippen LogP contribution in [0.25, 0.3) is 0 Å². The molecule has 2 heterocycles. The molecule has 2 amide bonds. The van der Waals surface area contributed by atoms with Gasteiger partial charge < -0.3 is 10.2 Å². The van der Waals surface area contributed by atoms with Gasteiger partial charge in [-0.3, -0.25) is 4.90 Å². The normalized spacial score (nSPS) is 30.0. The van der Waals surface area contributed by atoms with E-state index in [1.165, 1.54) is 19.3 Å². The summed E-state index contributed by atoms with van der Waals surface area (Å²) in [6, 6.07) is 0.520. The zero-order valence-corrected chi connectivity index (χ0v) is 14.7. The number of piperidine rings is 1. The van der Waals surface area contributed by atoms with Gasteiger partial charge in [0.05, 0.1) is 11.5 Å². The minimum atomic E-state index is -2.96. The lowest BCUT2D eigenvalue weighted by atomic mass is 10.0. The monoisotopic (exact) mass is 331 g/mol. The fourth-order valence-corrected chi connectivity index (χ4v) is 5.27. The number of urea groups is 1. The highest BCUT2D eigenvalue weighted by Gasteiger charge is 2.33. The molecule has 0 aromatic rings. The second-order valence-corrected chi connectivity index (χ2v) is 9.01. The lowest BCUT2D eigenvalue weighted by Crippen LogP contribution is -2.51. The third-order valence-electron chi connectivity index (χ3n) is 5.05. The molecule has 7 heteroatoms. The number of carbonyl (C=O) groups excluding carboxylic acids is 1. The molecule has 2 saturated heterocycles. The Labute approximate surface area is 134 Å². The van der Waals surface area contributed by atoms with E-state index in [4.69, 9.17) is 0 Å². The van der Waals surface area contributed by atoms with Gasteiger partial charge in [-0.25, -0.2) is 13.2 Å². The van der Waals surface area contributed by atoms with Crippen LogP contribution in [0.2, 0.25) is 0 Å². The number of nitrogens with zero attached hydrogens (tertiary/aromatic N) is 2. The predicted octanol–water partition coefficient (Wildman–Crippen LogP) is 1.08. The quantitative estimate of drug-likeness (QED) is 0.837. The maximum Gasteiger partial charge on any atom is 0.317 e. The zero-order chi connectivity index (χ0) is 16.3. The average Bonchev–Trinajstić information content (AvgIpc) is 2.84. The highest BCUT2D eigenvalue weighted by molar-refractivity contribution is 7.91. The molecular formula is C15H29N3O3S. The molecule has 0 aromatic heterocycles. The fourth-order valence-electron chi connectivity index (χ4n) is 3.50. The van der Waals surface area contributed by atoms with E-state index >= 15 is 0 Å². The molecule has 2 aliphatic rings. The molecule has 0 saturated carbocycles. The fraction of sp³-hybridized carbons (Fsp3) is 0.933. The summed E-state index contributed by atoms with van der Waals surface area (Å²) in [5, 5.41) is 2.95. The van der Waals surface area contributed by atoms with Crippen LogP contribution in [-0.2, 0) is 9.84 Å². The Morgan fingerprint density at radius 1 is 1.36 bits per heavy atom. The standard InChI is InChI=1S/C15H29N3O3S/c1-12-6-4-5-8-18(12)13(2)10-16-15(19)17(3)14-7-9-22(20,21)11-14/h12-14H,4-11H2,1-3H3,(H,16,19)/t12-,13-,14+/m1/s1. The van der Waals surface area contributed by atoms with E-state index in [2.05, 4.69) is 24.1 Å². The largest absolute Gasteiger partial charge is 0.336 e. The minimum Gasteiger partial charge on any atom is -0.336 e. The maximum atomic E-state index is 12.2. The van der Waals surface area contributed by atoms with E-state index in [1.807, 2.05) is 0 Å². The van der Waals surface area contributed by atoms with E-state index in [0.29, 0.717) is 25.0 Å². The smallest absolute Gasteiger partial charge is 0.317 e. The molecule has 128 valence electrons. The molecule has 0 aliphatic carbocycles. The topological polar surface area (TPSA) is 69.7 Å². The summed E-state index contributed by atoms with van der Waals surface area (Å²) in [6.07, 6.45) is 4.28.